The molecule has 5 nitrogen and oxygen atoms in total. The fourth-order valence-electron chi connectivity index (χ4n) is 3.61. The lowest BCUT2D eigenvalue weighted by Crippen LogP contribution is -2.43. The molecule has 1 aliphatic heterocycles. The van der Waals surface area contributed by atoms with Crippen molar-refractivity contribution in [3.05, 3.63) is 58.6 Å². The first-order chi connectivity index (χ1) is 14.3. The molecule has 0 aliphatic carbocycles. The number of nitrogens with one attached hydrogen (secondary N) is 2. The number of aromatic nitrogens is 1. The van der Waals surface area contributed by atoms with Crippen LogP contribution in [0.4, 0.5) is 5.69 Å². The van der Waals surface area contributed by atoms with Crippen LogP contribution in [0.1, 0.15) is 60.6 Å². The third-order valence-corrected chi connectivity index (χ3v) is 6.68. The number of thiocarbonyl (C=S) groups is 1. The molecular weight excluding hydrogens is 412 g/mol. The van der Waals surface area contributed by atoms with E-state index in [2.05, 4.69) is 53.9 Å². The molecule has 7 heteroatoms. The molecular formula is C23H30N4OS2. The first-order valence-corrected chi connectivity index (χ1v) is 11.6. The van der Waals surface area contributed by atoms with Gasteiger partial charge in [0, 0.05) is 36.6 Å². The standard InChI is InChI=1S/C23H30N4OS2/c1-5-12-24-22(29)27-13-10-16(11-14-27)21-26-19(15-30-21)20(28)25-18-9-7-6-8-17(18)23(2,3)4/h5-9,15-16H,1,10-14H2,2-4H3,(H,24,29)(H,25,28). The highest BCUT2D eigenvalue weighted by Gasteiger charge is 2.25. The molecule has 1 amide bonds. The Bertz CT molecular complexity index is 908. The molecule has 160 valence electrons. The Balaban J connectivity index is 1.61. The van der Waals surface area contributed by atoms with Crippen LogP contribution >= 0.6 is 23.6 Å². The minimum atomic E-state index is -0.151. The van der Waals surface area contributed by atoms with Gasteiger partial charge in [0.1, 0.15) is 5.69 Å². The van der Waals surface area contributed by atoms with Crippen molar-refractivity contribution in [2.75, 3.05) is 25.0 Å². The number of carbonyl (C=O) groups is 1. The summed E-state index contributed by atoms with van der Waals surface area (Å²) in [6.07, 6.45) is 3.77. The quantitative estimate of drug-likeness (QED) is 0.508. The summed E-state index contributed by atoms with van der Waals surface area (Å²) < 4.78 is 0. The van der Waals surface area contributed by atoms with Crippen molar-refractivity contribution in [2.24, 2.45) is 0 Å². The molecule has 1 fully saturated rings. The van der Waals surface area contributed by atoms with Gasteiger partial charge in [-0.15, -0.1) is 17.9 Å². The maximum atomic E-state index is 12.8. The summed E-state index contributed by atoms with van der Waals surface area (Å²) >= 11 is 7.01. The smallest absolute Gasteiger partial charge is 0.275 e. The van der Waals surface area contributed by atoms with Gasteiger partial charge >= 0.3 is 0 Å². The Labute approximate surface area is 188 Å². The maximum Gasteiger partial charge on any atom is 0.275 e. The fraction of sp³-hybridized carbons (Fsp3) is 0.435. The zero-order valence-electron chi connectivity index (χ0n) is 17.9. The minimum absolute atomic E-state index is 0.0494. The number of nitrogens with zero attached hydrogens (tertiary/aromatic N) is 2. The normalized spacial score (nSPS) is 15.0. The Morgan fingerprint density at radius 2 is 2.03 bits per heavy atom. The lowest BCUT2D eigenvalue weighted by Gasteiger charge is -2.33. The third kappa shape index (κ3) is 5.46. The van der Waals surface area contributed by atoms with Crippen molar-refractivity contribution in [3.63, 3.8) is 0 Å². The molecule has 0 spiro atoms. The Hall–Kier alpha value is -2.25. The van der Waals surface area contributed by atoms with Gasteiger partial charge < -0.3 is 15.5 Å². The van der Waals surface area contributed by atoms with E-state index in [0.29, 0.717) is 18.2 Å². The molecule has 3 rings (SSSR count). The van der Waals surface area contributed by atoms with E-state index in [1.807, 2.05) is 23.6 Å². The molecule has 0 bridgehead atoms. The summed E-state index contributed by atoms with van der Waals surface area (Å²) in [5, 5.41) is 9.93. The van der Waals surface area contributed by atoms with Gasteiger partial charge in [-0.05, 0) is 42.1 Å². The molecule has 1 aromatic heterocycles. The van der Waals surface area contributed by atoms with Crippen LogP contribution in [0.5, 0.6) is 0 Å². The Morgan fingerprint density at radius 1 is 1.33 bits per heavy atom. The van der Waals surface area contributed by atoms with Crippen molar-refractivity contribution in [1.29, 1.82) is 0 Å². The van der Waals surface area contributed by atoms with Crippen molar-refractivity contribution in [3.8, 4) is 0 Å². The predicted molar refractivity (Wildman–Crippen MR) is 130 cm³/mol. The summed E-state index contributed by atoms with van der Waals surface area (Å²) in [6.45, 7) is 12.6. The second-order valence-electron chi connectivity index (χ2n) is 8.56. The van der Waals surface area contributed by atoms with Gasteiger partial charge in [0.25, 0.3) is 5.91 Å². The van der Waals surface area contributed by atoms with E-state index in [1.54, 1.807) is 17.4 Å². The Kier molecular flexibility index (Phi) is 7.26. The third-order valence-electron chi connectivity index (χ3n) is 5.27. The first kappa shape index (κ1) is 22.4. The van der Waals surface area contributed by atoms with Crippen LogP contribution in [0.3, 0.4) is 0 Å². The molecule has 2 heterocycles. The van der Waals surface area contributed by atoms with E-state index in [1.165, 1.54) is 0 Å². The second kappa shape index (κ2) is 9.71. The molecule has 1 aliphatic rings. The van der Waals surface area contributed by atoms with Gasteiger partial charge in [0.05, 0.1) is 5.01 Å². The summed E-state index contributed by atoms with van der Waals surface area (Å²) in [4.78, 5) is 19.7. The number of benzene rings is 1. The van der Waals surface area contributed by atoms with Gasteiger partial charge in [-0.3, -0.25) is 4.79 Å². The maximum absolute atomic E-state index is 12.8. The van der Waals surface area contributed by atoms with Crippen LogP contribution in [0.15, 0.2) is 42.3 Å². The van der Waals surface area contributed by atoms with Gasteiger partial charge in [-0.2, -0.15) is 0 Å². The predicted octanol–water partition coefficient (Wildman–Crippen LogP) is 4.93. The highest BCUT2D eigenvalue weighted by atomic mass is 32.1. The van der Waals surface area contributed by atoms with E-state index in [-0.39, 0.29) is 11.3 Å². The van der Waals surface area contributed by atoms with E-state index < -0.39 is 0 Å². The SMILES string of the molecule is C=CCNC(=S)N1CCC(c2nc(C(=O)Nc3ccccc3C(C)(C)C)cs2)CC1. The number of piperidine rings is 1. The number of hydrogen-bond donors (Lipinski definition) is 2. The molecule has 1 saturated heterocycles. The lowest BCUT2D eigenvalue weighted by atomic mass is 9.86. The van der Waals surface area contributed by atoms with E-state index in [0.717, 1.165) is 47.3 Å². The van der Waals surface area contributed by atoms with Crippen molar-refractivity contribution >= 4 is 40.3 Å². The van der Waals surface area contributed by atoms with Gasteiger partial charge in [-0.25, -0.2) is 4.98 Å². The summed E-state index contributed by atoms with van der Waals surface area (Å²) in [7, 11) is 0. The number of rotatable bonds is 5. The zero-order chi connectivity index (χ0) is 21.7. The molecule has 2 aromatic rings. The topological polar surface area (TPSA) is 57.3 Å². The molecule has 1 aromatic carbocycles. The molecule has 2 N–H and O–H groups in total. The van der Waals surface area contributed by atoms with Crippen LogP contribution in [0.25, 0.3) is 0 Å². The number of amides is 1. The minimum Gasteiger partial charge on any atom is -0.359 e. The second-order valence-corrected chi connectivity index (χ2v) is 9.83. The first-order valence-electron chi connectivity index (χ1n) is 10.3. The number of anilines is 1. The summed E-state index contributed by atoms with van der Waals surface area (Å²) in [5.41, 5.74) is 2.40. The van der Waals surface area contributed by atoms with Crippen LogP contribution in [-0.2, 0) is 5.41 Å². The monoisotopic (exact) mass is 442 g/mol. The van der Waals surface area contributed by atoms with E-state index in [9.17, 15) is 4.79 Å². The molecule has 0 saturated carbocycles. The fourth-order valence-corrected chi connectivity index (χ4v) is 4.85. The van der Waals surface area contributed by atoms with E-state index >= 15 is 0 Å². The largest absolute Gasteiger partial charge is 0.359 e. The van der Waals surface area contributed by atoms with Crippen LogP contribution in [0, 0.1) is 0 Å². The number of thiazole rings is 1. The number of para-hydroxylation sites is 1. The van der Waals surface area contributed by atoms with Crippen LogP contribution in [0.2, 0.25) is 0 Å². The Morgan fingerprint density at radius 3 is 2.70 bits per heavy atom. The molecule has 0 unspecified atom stereocenters. The van der Waals surface area contributed by atoms with Crippen molar-refractivity contribution in [2.45, 2.75) is 44.9 Å². The number of hydrogen-bond acceptors (Lipinski definition) is 4. The van der Waals surface area contributed by atoms with E-state index in [4.69, 9.17) is 12.2 Å². The van der Waals surface area contributed by atoms with Crippen LogP contribution < -0.4 is 10.6 Å². The van der Waals surface area contributed by atoms with Crippen LogP contribution in [-0.4, -0.2) is 40.5 Å². The highest BCUT2D eigenvalue weighted by molar-refractivity contribution is 7.80. The van der Waals surface area contributed by atoms with Crippen molar-refractivity contribution < 1.29 is 4.79 Å². The molecule has 0 atom stereocenters. The highest BCUT2D eigenvalue weighted by Crippen LogP contribution is 2.32. The average Bonchev–Trinajstić information content (AvgIpc) is 3.22. The summed E-state index contributed by atoms with van der Waals surface area (Å²) in [6, 6.07) is 7.95. The van der Waals surface area contributed by atoms with Gasteiger partial charge in [-0.1, -0.05) is 45.0 Å². The number of carbonyl (C=O) groups excluding carboxylic acids is 1. The van der Waals surface area contributed by atoms with Gasteiger partial charge in [0.15, 0.2) is 5.11 Å². The zero-order valence-corrected chi connectivity index (χ0v) is 19.5. The summed E-state index contributed by atoms with van der Waals surface area (Å²) in [5.74, 6) is 0.221. The van der Waals surface area contributed by atoms with Gasteiger partial charge in [0.2, 0.25) is 0 Å². The lowest BCUT2D eigenvalue weighted by molar-refractivity contribution is 0.102. The molecule has 30 heavy (non-hydrogen) atoms. The molecule has 0 radical (unpaired) electrons. The van der Waals surface area contributed by atoms with Crippen molar-refractivity contribution in [1.82, 2.24) is 15.2 Å². The number of likely N-dealkylation sites (tertiary alicyclic amines) is 1. The average molecular weight is 443 g/mol.